The van der Waals surface area contributed by atoms with Crippen LogP contribution in [0.5, 0.6) is 11.5 Å². The van der Waals surface area contributed by atoms with Gasteiger partial charge in [-0.2, -0.15) is 0 Å². The van der Waals surface area contributed by atoms with Gasteiger partial charge in [0.05, 0.1) is 36.4 Å². The van der Waals surface area contributed by atoms with Crippen LogP contribution in [0, 0.1) is 0 Å². The van der Waals surface area contributed by atoms with Crippen LogP contribution in [0.2, 0.25) is 0 Å². The Morgan fingerprint density at radius 3 is 2.59 bits per heavy atom. The third kappa shape index (κ3) is 6.84. The largest absolute Gasteiger partial charge is 0.490 e. The van der Waals surface area contributed by atoms with Gasteiger partial charge in [-0.1, -0.05) is 25.1 Å². The quantitative estimate of drug-likeness (QED) is 0.158. The highest BCUT2D eigenvalue weighted by molar-refractivity contribution is 6.41. The number of Topliss-reactive ketones (excluding diaryl/α,β-unsaturated/α-hetero) is 2. The lowest BCUT2D eigenvalue weighted by Crippen LogP contribution is -2.51. The zero-order chi connectivity index (χ0) is 29.6. The van der Waals surface area contributed by atoms with Gasteiger partial charge in [0, 0.05) is 6.54 Å². The first-order valence-electron chi connectivity index (χ1n) is 13.6. The first-order valence-corrected chi connectivity index (χ1v) is 13.6. The molecule has 1 aliphatic heterocycles. The number of aliphatic hydroxyl groups is 1. The van der Waals surface area contributed by atoms with Gasteiger partial charge in [-0.05, 0) is 63.1 Å². The summed E-state index contributed by atoms with van der Waals surface area (Å²) in [6.07, 6.45) is -0.952. The maximum Gasteiger partial charge on any atom is 0.251 e. The molecule has 0 spiro atoms. The number of nitrogens with one attached hydrogen (secondary N) is 2. The van der Waals surface area contributed by atoms with Crippen LogP contribution in [0.1, 0.15) is 45.4 Å². The summed E-state index contributed by atoms with van der Waals surface area (Å²) >= 11 is 0. The average Bonchev–Trinajstić information content (AvgIpc) is 3.46. The molecule has 2 aromatic carbocycles. The van der Waals surface area contributed by atoms with E-state index in [1.54, 1.807) is 36.6 Å². The molecule has 2 heterocycles. The van der Waals surface area contributed by atoms with Crippen molar-refractivity contribution < 1.29 is 33.7 Å². The minimum Gasteiger partial charge on any atom is -0.490 e. The van der Waals surface area contributed by atoms with E-state index in [2.05, 4.69) is 15.6 Å². The topological polar surface area (TPSA) is 167 Å². The van der Waals surface area contributed by atoms with Crippen molar-refractivity contribution in [1.29, 1.82) is 0 Å². The summed E-state index contributed by atoms with van der Waals surface area (Å²) in [5, 5.41) is 15.8. The lowest BCUT2D eigenvalue weighted by molar-refractivity contribution is -0.136. The summed E-state index contributed by atoms with van der Waals surface area (Å²) in [7, 11) is 0. The lowest BCUT2D eigenvalue weighted by Gasteiger charge is -2.22. The molecule has 3 aromatic rings. The fraction of sp³-hybridized carbons (Fsp3) is 0.448. The second kappa shape index (κ2) is 13.1. The molecule has 2 atom stereocenters. The maximum absolute atomic E-state index is 12.7. The van der Waals surface area contributed by atoms with E-state index in [0.29, 0.717) is 61.2 Å². The van der Waals surface area contributed by atoms with Gasteiger partial charge in [-0.15, -0.1) is 0 Å². The van der Waals surface area contributed by atoms with E-state index in [1.807, 2.05) is 31.2 Å². The number of amides is 1. The number of carbonyl (C=O) groups is 3. The molecule has 12 nitrogen and oxygen atoms in total. The van der Waals surface area contributed by atoms with E-state index in [9.17, 15) is 19.5 Å². The summed E-state index contributed by atoms with van der Waals surface area (Å²) in [5.74, 6) is -0.395. The van der Waals surface area contributed by atoms with Crippen LogP contribution >= 0.6 is 0 Å². The van der Waals surface area contributed by atoms with E-state index in [-0.39, 0.29) is 0 Å². The van der Waals surface area contributed by atoms with Gasteiger partial charge < -0.3 is 35.7 Å². The SMILES string of the molecule is CCCOc1ccc(CNc2nc3ccccc3n2[C@@H]2O[C@H](CO)C(=O)C2=O)cc1OCCCNC(C)(C)C(N)=O. The van der Waals surface area contributed by atoms with E-state index < -0.39 is 42.0 Å². The molecule has 220 valence electrons. The minimum atomic E-state index is -1.23. The minimum absolute atomic E-state index is 0.320. The number of para-hydroxylation sites is 2. The molecule has 1 fully saturated rings. The highest BCUT2D eigenvalue weighted by atomic mass is 16.5. The molecule has 0 bridgehead atoms. The Morgan fingerprint density at radius 1 is 1.12 bits per heavy atom. The Bertz CT molecular complexity index is 1400. The molecule has 1 amide bonds. The summed E-state index contributed by atoms with van der Waals surface area (Å²) in [6, 6.07) is 12.8. The second-order valence-corrected chi connectivity index (χ2v) is 10.3. The van der Waals surface area contributed by atoms with Crippen LogP contribution in [0.15, 0.2) is 42.5 Å². The van der Waals surface area contributed by atoms with Gasteiger partial charge in [0.1, 0.15) is 6.10 Å². The molecule has 1 aromatic heterocycles. The molecular formula is C29H37N5O7. The number of ether oxygens (including phenoxy) is 3. The molecular weight excluding hydrogens is 530 g/mol. The van der Waals surface area contributed by atoms with Crippen molar-refractivity contribution in [2.24, 2.45) is 5.73 Å². The van der Waals surface area contributed by atoms with Crippen LogP contribution in [0.4, 0.5) is 5.95 Å². The molecule has 0 unspecified atom stereocenters. The number of rotatable bonds is 15. The molecule has 4 rings (SSSR count). The van der Waals surface area contributed by atoms with Crippen LogP contribution in [0.25, 0.3) is 11.0 Å². The van der Waals surface area contributed by atoms with Gasteiger partial charge in [0.2, 0.25) is 23.9 Å². The maximum atomic E-state index is 12.7. The Hall–Kier alpha value is -4.00. The third-order valence-electron chi connectivity index (χ3n) is 6.73. The standard InChI is InChI=1S/C29H37N5O7/c1-4-13-39-21-11-10-18(15-22(21)40-14-7-12-32-29(2,3)27(30)38)16-31-28-33-19-8-5-6-9-20(19)34(28)26-25(37)24(36)23(17-35)41-26/h5-6,8-11,15,23,26,32,35H,4,7,12-14,16-17H2,1-3H3,(H2,30,38)(H,31,33)/t23-,26-/m1/s1. The number of nitrogens with two attached hydrogens (primary N) is 1. The number of aliphatic hydroxyl groups excluding tert-OH is 1. The Morgan fingerprint density at radius 2 is 1.88 bits per heavy atom. The number of benzene rings is 2. The fourth-order valence-corrected chi connectivity index (χ4v) is 4.30. The van der Waals surface area contributed by atoms with Crippen molar-refractivity contribution in [3.05, 3.63) is 48.0 Å². The van der Waals surface area contributed by atoms with Crippen molar-refractivity contribution in [3.8, 4) is 11.5 Å². The summed E-state index contributed by atoms with van der Waals surface area (Å²) in [6.45, 7) is 6.69. The molecule has 12 heteroatoms. The second-order valence-electron chi connectivity index (χ2n) is 10.3. The van der Waals surface area contributed by atoms with Crippen LogP contribution < -0.4 is 25.8 Å². The fourth-order valence-electron chi connectivity index (χ4n) is 4.30. The number of ketones is 2. The highest BCUT2D eigenvalue weighted by Gasteiger charge is 2.44. The number of carbonyl (C=O) groups excluding carboxylic acids is 3. The third-order valence-corrected chi connectivity index (χ3v) is 6.73. The molecule has 41 heavy (non-hydrogen) atoms. The van der Waals surface area contributed by atoms with Gasteiger partial charge in [0.15, 0.2) is 11.5 Å². The monoisotopic (exact) mass is 567 g/mol. The van der Waals surface area contributed by atoms with E-state index >= 15 is 0 Å². The number of imidazole rings is 1. The number of primary amides is 1. The molecule has 0 radical (unpaired) electrons. The zero-order valence-corrected chi connectivity index (χ0v) is 23.5. The predicted molar refractivity (Wildman–Crippen MR) is 152 cm³/mol. The number of nitrogens with zero attached hydrogens (tertiary/aromatic N) is 2. The van der Waals surface area contributed by atoms with Gasteiger partial charge in [0.25, 0.3) is 5.78 Å². The summed E-state index contributed by atoms with van der Waals surface area (Å²) < 4.78 is 19.1. The van der Waals surface area contributed by atoms with Crippen LogP contribution in [-0.4, -0.2) is 70.1 Å². The first kappa shape index (κ1) is 30.0. The average molecular weight is 568 g/mol. The number of hydrogen-bond acceptors (Lipinski definition) is 10. The lowest BCUT2D eigenvalue weighted by atomic mass is 10.1. The van der Waals surface area contributed by atoms with E-state index in [4.69, 9.17) is 19.9 Å². The van der Waals surface area contributed by atoms with Gasteiger partial charge >= 0.3 is 0 Å². The highest BCUT2D eigenvalue weighted by Crippen LogP contribution is 2.32. The van der Waals surface area contributed by atoms with Gasteiger partial charge in [-0.25, -0.2) is 4.98 Å². The Labute approximate surface area is 238 Å². The van der Waals surface area contributed by atoms with Crippen molar-refractivity contribution in [1.82, 2.24) is 14.9 Å². The molecule has 0 aliphatic carbocycles. The predicted octanol–water partition coefficient (Wildman–Crippen LogP) is 2.09. The number of aromatic nitrogens is 2. The molecule has 0 saturated carbocycles. The van der Waals surface area contributed by atoms with E-state index in [0.717, 1.165) is 12.0 Å². The van der Waals surface area contributed by atoms with Crippen molar-refractivity contribution >= 4 is 34.5 Å². The molecule has 5 N–H and O–H groups in total. The van der Waals surface area contributed by atoms with Crippen molar-refractivity contribution in [3.63, 3.8) is 0 Å². The number of hydrogen-bond donors (Lipinski definition) is 4. The zero-order valence-electron chi connectivity index (χ0n) is 23.5. The molecule has 1 aliphatic rings. The number of fused-ring (bicyclic) bond motifs is 1. The summed E-state index contributed by atoms with van der Waals surface area (Å²) in [5.41, 5.74) is 6.69. The van der Waals surface area contributed by atoms with Crippen LogP contribution in [0.3, 0.4) is 0 Å². The number of anilines is 1. The Balaban J connectivity index is 1.50. The Kier molecular flexibility index (Phi) is 9.58. The van der Waals surface area contributed by atoms with Crippen molar-refractivity contribution in [2.45, 2.75) is 58.0 Å². The smallest absolute Gasteiger partial charge is 0.251 e. The van der Waals surface area contributed by atoms with Gasteiger partial charge in [-0.3, -0.25) is 19.0 Å². The van der Waals surface area contributed by atoms with Crippen LogP contribution in [-0.2, 0) is 25.7 Å². The van der Waals surface area contributed by atoms with E-state index in [1.165, 1.54) is 0 Å². The normalized spacial score (nSPS) is 17.3. The molecule has 1 saturated heterocycles. The first-order chi connectivity index (χ1) is 19.7. The summed E-state index contributed by atoms with van der Waals surface area (Å²) in [4.78, 5) is 41.1. The van der Waals surface area contributed by atoms with Crippen molar-refractivity contribution in [2.75, 3.05) is 31.7 Å².